The number of rotatable bonds is 7. The minimum absolute atomic E-state index is 0.965. The van der Waals surface area contributed by atoms with Crippen LogP contribution >= 0.6 is 11.8 Å². The SMILES string of the molecule is CN(CCCSc1ccccc1)Cc1ccoc1. The zero-order valence-corrected chi connectivity index (χ0v) is 11.5. The van der Waals surface area contributed by atoms with Crippen LogP contribution in [0.3, 0.4) is 0 Å². The smallest absolute Gasteiger partial charge is 0.0947 e. The van der Waals surface area contributed by atoms with Crippen molar-refractivity contribution < 1.29 is 4.42 Å². The molecule has 0 aliphatic carbocycles. The van der Waals surface area contributed by atoms with Gasteiger partial charge in [0.1, 0.15) is 0 Å². The minimum Gasteiger partial charge on any atom is -0.472 e. The van der Waals surface area contributed by atoms with Crippen LogP contribution in [-0.2, 0) is 6.54 Å². The van der Waals surface area contributed by atoms with Crippen LogP contribution in [0.2, 0.25) is 0 Å². The van der Waals surface area contributed by atoms with Gasteiger partial charge in [-0.2, -0.15) is 0 Å². The van der Waals surface area contributed by atoms with Crippen molar-refractivity contribution >= 4 is 11.8 Å². The molecule has 0 N–H and O–H groups in total. The summed E-state index contributed by atoms with van der Waals surface area (Å²) < 4.78 is 5.07. The van der Waals surface area contributed by atoms with Gasteiger partial charge in [0.25, 0.3) is 0 Å². The van der Waals surface area contributed by atoms with Crippen LogP contribution in [0.5, 0.6) is 0 Å². The van der Waals surface area contributed by atoms with Crippen LogP contribution in [0.15, 0.2) is 58.2 Å². The van der Waals surface area contributed by atoms with Crippen molar-refractivity contribution in [2.75, 3.05) is 19.3 Å². The summed E-state index contributed by atoms with van der Waals surface area (Å²) in [6.07, 6.45) is 4.75. The Morgan fingerprint density at radius 1 is 1.17 bits per heavy atom. The Morgan fingerprint density at radius 2 is 2.00 bits per heavy atom. The molecule has 1 aromatic heterocycles. The first-order valence-electron chi connectivity index (χ1n) is 6.22. The van der Waals surface area contributed by atoms with Gasteiger partial charge in [-0.05, 0) is 44.0 Å². The molecule has 0 radical (unpaired) electrons. The molecule has 1 aromatic carbocycles. The lowest BCUT2D eigenvalue weighted by atomic mass is 10.3. The number of benzene rings is 1. The molecule has 2 nitrogen and oxygen atoms in total. The molecule has 96 valence electrons. The summed E-state index contributed by atoms with van der Waals surface area (Å²) in [4.78, 5) is 3.69. The predicted octanol–water partition coefficient (Wildman–Crippen LogP) is 3.89. The highest BCUT2D eigenvalue weighted by atomic mass is 32.2. The average Bonchev–Trinajstić information content (AvgIpc) is 2.89. The Bertz CT molecular complexity index is 427. The van der Waals surface area contributed by atoms with E-state index in [4.69, 9.17) is 4.42 Å². The molecule has 2 aromatic rings. The lowest BCUT2D eigenvalue weighted by Crippen LogP contribution is -2.19. The van der Waals surface area contributed by atoms with Gasteiger partial charge in [0, 0.05) is 17.0 Å². The second-order valence-electron chi connectivity index (χ2n) is 4.38. The summed E-state index contributed by atoms with van der Waals surface area (Å²) in [5.74, 6) is 1.17. The summed E-state index contributed by atoms with van der Waals surface area (Å²) in [6.45, 7) is 2.08. The van der Waals surface area contributed by atoms with Gasteiger partial charge in [0.2, 0.25) is 0 Å². The minimum atomic E-state index is 0.965. The quantitative estimate of drug-likeness (QED) is 0.555. The number of thioether (sulfide) groups is 1. The summed E-state index contributed by atoms with van der Waals surface area (Å²) >= 11 is 1.93. The molecule has 0 bridgehead atoms. The van der Waals surface area contributed by atoms with E-state index < -0.39 is 0 Å². The van der Waals surface area contributed by atoms with E-state index in [0.717, 1.165) is 13.1 Å². The Kier molecular flexibility index (Phi) is 5.36. The standard InChI is InChI=1S/C15H19NOS/c1-16(12-14-8-10-17-13-14)9-5-11-18-15-6-3-2-4-7-15/h2-4,6-8,10,13H,5,9,11-12H2,1H3. The van der Waals surface area contributed by atoms with Crippen molar-refractivity contribution in [2.45, 2.75) is 17.9 Å². The second kappa shape index (κ2) is 7.29. The first kappa shape index (κ1) is 13.2. The second-order valence-corrected chi connectivity index (χ2v) is 5.55. The van der Waals surface area contributed by atoms with Crippen molar-refractivity contribution in [1.82, 2.24) is 4.90 Å². The van der Waals surface area contributed by atoms with E-state index in [0.29, 0.717) is 0 Å². The topological polar surface area (TPSA) is 16.4 Å². The van der Waals surface area contributed by atoms with Gasteiger partial charge < -0.3 is 9.32 Å². The van der Waals surface area contributed by atoms with E-state index in [1.807, 2.05) is 24.1 Å². The van der Waals surface area contributed by atoms with Crippen LogP contribution in [0, 0.1) is 0 Å². The van der Waals surface area contributed by atoms with Gasteiger partial charge in [-0.25, -0.2) is 0 Å². The Morgan fingerprint density at radius 3 is 2.72 bits per heavy atom. The van der Waals surface area contributed by atoms with E-state index in [2.05, 4.69) is 42.3 Å². The maximum Gasteiger partial charge on any atom is 0.0947 e. The summed E-state index contributed by atoms with van der Waals surface area (Å²) in [7, 11) is 2.15. The number of hydrogen-bond acceptors (Lipinski definition) is 3. The molecule has 2 rings (SSSR count). The molecule has 0 atom stereocenters. The maximum atomic E-state index is 5.07. The van der Waals surface area contributed by atoms with Crippen molar-refractivity contribution in [2.24, 2.45) is 0 Å². The van der Waals surface area contributed by atoms with Gasteiger partial charge in [0.15, 0.2) is 0 Å². The maximum absolute atomic E-state index is 5.07. The molecular formula is C15H19NOS. The lowest BCUT2D eigenvalue weighted by Gasteiger charge is -2.15. The van der Waals surface area contributed by atoms with Gasteiger partial charge in [-0.3, -0.25) is 0 Å². The molecule has 0 aliphatic heterocycles. The number of furan rings is 1. The number of hydrogen-bond donors (Lipinski definition) is 0. The van der Waals surface area contributed by atoms with Gasteiger partial charge in [-0.15, -0.1) is 11.8 Å². The molecule has 0 spiro atoms. The molecule has 1 heterocycles. The van der Waals surface area contributed by atoms with Crippen LogP contribution in [-0.4, -0.2) is 24.2 Å². The lowest BCUT2D eigenvalue weighted by molar-refractivity contribution is 0.327. The van der Waals surface area contributed by atoms with Crippen LogP contribution < -0.4 is 0 Å². The largest absolute Gasteiger partial charge is 0.472 e. The fourth-order valence-electron chi connectivity index (χ4n) is 1.81. The zero-order chi connectivity index (χ0) is 12.6. The first-order valence-corrected chi connectivity index (χ1v) is 7.20. The van der Waals surface area contributed by atoms with Crippen molar-refractivity contribution in [3.63, 3.8) is 0 Å². The van der Waals surface area contributed by atoms with E-state index in [9.17, 15) is 0 Å². The summed E-state index contributed by atoms with van der Waals surface area (Å²) in [5.41, 5.74) is 1.24. The molecule has 0 fully saturated rings. The van der Waals surface area contributed by atoms with Gasteiger partial charge >= 0.3 is 0 Å². The van der Waals surface area contributed by atoms with Crippen LogP contribution in [0.25, 0.3) is 0 Å². The third kappa shape index (κ3) is 4.59. The van der Waals surface area contributed by atoms with Crippen LogP contribution in [0.4, 0.5) is 0 Å². The highest BCUT2D eigenvalue weighted by Gasteiger charge is 2.01. The molecule has 0 amide bonds. The van der Waals surface area contributed by atoms with E-state index in [1.165, 1.54) is 22.6 Å². The highest BCUT2D eigenvalue weighted by Crippen LogP contribution is 2.17. The Labute approximate surface area is 113 Å². The highest BCUT2D eigenvalue weighted by molar-refractivity contribution is 7.99. The summed E-state index contributed by atoms with van der Waals surface area (Å²) in [6, 6.07) is 12.6. The molecule has 0 saturated carbocycles. The van der Waals surface area contributed by atoms with Crippen molar-refractivity contribution in [1.29, 1.82) is 0 Å². The van der Waals surface area contributed by atoms with Crippen molar-refractivity contribution in [3.05, 3.63) is 54.5 Å². The van der Waals surface area contributed by atoms with E-state index >= 15 is 0 Å². The Balaban J connectivity index is 1.60. The van der Waals surface area contributed by atoms with Crippen LogP contribution in [0.1, 0.15) is 12.0 Å². The number of nitrogens with zero attached hydrogens (tertiary/aromatic N) is 1. The van der Waals surface area contributed by atoms with Gasteiger partial charge in [-0.1, -0.05) is 18.2 Å². The Hall–Kier alpha value is -1.19. The third-order valence-corrected chi connectivity index (χ3v) is 3.83. The molecule has 0 saturated heterocycles. The van der Waals surface area contributed by atoms with E-state index in [-0.39, 0.29) is 0 Å². The normalized spacial score (nSPS) is 11.0. The molecule has 0 unspecified atom stereocenters. The monoisotopic (exact) mass is 261 g/mol. The molecule has 3 heteroatoms. The predicted molar refractivity (Wildman–Crippen MR) is 76.8 cm³/mol. The third-order valence-electron chi connectivity index (χ3n) is 2.73. The first-order chi connectivity index (χ1) is 8.84. The zero-order valence-electron chi connectivity index (χ0n) is 10.7. The van der Waals surface area contributed by atoms with E-state index in [1.54, 1.807) is 6.26 Å². The van der Waals surface area contributed by atoms with Crippen molar-refractivity contribution in [3.8, 4) is 0 Å². The summed E-state index contributed by atoms with van der Waals surface area (Å²) in [5, 5.41) is 0. The molecule has 18 heavy (non-hydrogen) atoms. The average molecular weight is 261 g/mol. The fraction of sp³-hybridized carbons (Fsp3) is 0.333. The van der Waals surface area contributed by atoms with Gasteiger partial charge in [0.05, 0.1) is 12.5 Å². The molecule has 0 aliphatic rings. The molecular weight excluding hydrogens is 242 g/mol. The fourth-order valence-corrected chi connectivity index (χ4v) is 2.67.